The molecule has 0 aliphatic heterocycles. The first kappa shape index (κ1) is 14.6. The van der Waals surface area contributed by atoms with Crippen LogP contribution in [0, 0.1) is 0 Å². The third-order valence-electron chi connectivity index (χ3n) is 4.39. The number of hydrogen-bond donors (Lipinski definition) is 1. The Hall–Kier alpha value is -0.820. The minimum atomic E-state index is 0.323. The van der Waals surface area contributed by atoms with Gasteiger partial charge in [-0.2, -0.15) is 0 Å². The van der Waals surface area contributed by atoms with E-state index in [1.807, 2.05) is 0 Å². The molecule has 19 heavy (non-hydrogen) atoms. The van der Waals surface area contributed by atoms with Crippen LogP contribution in [0.25, 0.3) is 0 Å². The topological polar surface area (TPSA) is 12.0 Å². The van der Waals surface area contributed by atoms with Crippen molar-refractivity contribution in [2.75, 3.05) is 6.54 Å². The van der Waals surface area contributed by atoms with E-state index in [1.54, 1.807) is 11.1 Å². The van der Waals surface area contributed by atoms with Crippen molar-refractivity contribution in [1.29, 1.82) is 0 Å². The summed E-state index contributed by atoms with van der Waals surface area (Å²) < 4.78 is 0. The fraction of sp³-hybridized carbons (Fsp3) is 0.667. The molecule has 1 nitrogen and oxygen atoms in total. The van der Waals surface area contributed by atoms with Gasteiger partial charge < -0.3 is 5.32 Å². The van der Waals surface area contributed by atoms with Gasteiger partial charge in [0, 0.05) is 6.04 Å². The fourth-order valence-corrected chi connectivity index (χ4v) is 3.28. The third kappa shape index (κ3) is 3.20. The number of benzene rings is 1. The summed E-state index contributed by atoms with van der Waals surface area (Å²) in [5.74, 6) is 0. The highest BCUT2D eigenvalue weighted by atomic mass is 14.9. The molecule has 2 rings (SSSR count). The Kier molecular flexibility index (Phi) is 4.67. The Bertz CT molecular complexity index is 420. The molecule has 0 spiro atoms. The zero-order valence-corrected chi connectivity index (χ0v) is 13.1. The smallest absolute Gasteiger partial charge is 0.0331 e. The Labute approximate surface area is 118 Å². The molecule has 0 aromatic heterocycles. The van der Waals surface area contributed by atoms with Gasteiger partial charge in [0.15, 0.2) is 0 Å². The van der Waals surface area contributed by atoms with Crippen molar-refractivity contribution in [2.45, 2.75) is 71.3 Å². The van der Waals surface area contributed by atoms with Crippen LogP contribution >= 0.6 is 0 Å². The zero-order valence-electron chi connectivity index (χ0n) is 13.1. The van der Waals surface area contributed by atoms with Gasteiger partial charge in [0.05, 0.1) is 0 Å². The van der Waals surface area contributed by atoms with E-state index in [9.17, 15) is 0 Å². The molecule has 0 fully saturated rings. The van der Waals surface area contributed by atoms with Crippen LogP contribution in [-0.2, 0) is 11.8 Å². The summed E-state index contributed by atoms with van der Waals surface area (Å²) in [6.07, 6.45) is 6.25. The van der Waals surface area contributed by atoms with Crippen LogP contribution in [0.15, 0.2) is 18.2 Å². The van der Waals surface area contributed by atoms with Crippen LogP contribution in [0.1, 0.15) is 76.1 Å². The minimum Gasteiger partial charge on any atom is -0.310 e. The summed E-state index contributed by atoms with van der Waals surface area (Å²) in [6.45, 7) is 10.4. The summed E-state index contributed by atoms with van der Waals surface area (Å²) >= 11 is 0. The van der Waals surface area contributed by atoms with E-state index >= 15 is 0 Å². The Morgan fingerprint density at radius 3 is 2.68 bits per heavy atom. The van der Waals surface area contributed by atoms with Gasteiger partial charge >= 0.3 is 0 Å². The average Bonchev–Trinajstić information content (AvgIpc) is 2.65. The van der Waals surface area contributed by atoms with Crippen LogP contribution in [0.5, 0.6) is 0 Å². The molecule has 1 heteroatoms. The highest BCUT2D eigenvalue weighted by Gasteiger charge is 2.36. The molecule has 1 N–H and O–H groups in total. The summed E-state index contributed by atoms with van der Waals surface area (Å²) in [6, 6.07) is 7.76. The molecule has 0 bridgehead atoms. The summed E-state index contributed by atoms with van der Waals surface area (Å²) in [4.78, 5) is 0. The van der Waals surface area contributed by atoms with Crippen molar-refractivity contribution in [3.05, 3.63) is 34.9 Å². The Balaban J connectivity index is 2.23. The molecule has 1 unspecified atom stereocenters. The predicted molar refractivity (Wildman–Crippen MR) is 83.7 cm³/mol. The third-order valence-corrected chi connectivity index (χ3v) is 4.39. The van der Waals surface area contributed by atoms with Crippen LogP contribution in [0.4, 0.5) is 0 Å². The summed E-state index contributed by atoms with van der Waals surface area (Å²) in [5, 5.41) is 3.73. The first-order valence-electron chi connectivity index (χ1n) is 7.95. The molecular formula is C18H29N. The van der Waals surface area contributed by atoms with Gasteiger partial charge in [0.25, 0.3) is 0 Å². The minimum absolute atomic E-state index is 0.323. The lowest BCUT2D eigenvalue weighted by molar-refractivity contribution is 0.427. The number of hydrogen-bond acceptors (Lipinski definition) is 1. The second-order valence-electron chi connectivity index (χ2n) is 6.62. The second kappa shape index (κ2) is 6.09. The van der Waals surface area contributed by atoms with E-state index in [0.717, 1.165) is 6.54 Å². The SMILES string of the molecule is CCCCc1ccc2c(c1)C(NCCC)CC2(C)C. The molecule has 0 saturated heterocycles. The summed E-state index contributed by atoms with van der Waals surface area (Å²) in [5.41, 5.74) is 4.96. The summed E-state index contributed by atoms with van der Waals surface area (Å²) in [7, 11) is 0. The maximum atomic E-state index is 3.73. The molecular weight excluding hydrogens is 230 g/mol. The molecule has 1 aromatic rings. The molecule has 1 aliphatic carbocycles. The number of nitrogens with one attached hydrogen (secondary N) is 1. The van der Waals surface area contributed by atoms with E-state index in [2.05, 4.69) is 51.2 Å². The van der Waals surface area contributed by atoms with E-state index in [4.69, 9.17) is 0 Å². The lowest BCUT2D eigenvalue weighted by Crippen LogP contribution is -2.22. The first-order chi connectivity index (χ1) is 9.08. The fourth-order valence-electron chi connectivity index (χ4n) is 3.28. The lowest BCUT2D eigenvalue weighted by atomic mass is 9.86. The molecule has 1 atom stereocenters. The van der Waals surface area contributed by atoms with E-state index < -0.39 is 0 Å². The number of rotatable bonds is 6. The highest BCUT2D eigenvalue weighted by molar-refractivity contribution is 5.43. The molecule has 106 valence electrons. The van der Waals surface area contributed by atoms with E-state index in [1.165, 1.54) is 37.7 Å². The average molecular weight is 259 g/mol. The van der Waals surface area contributed by atoms with Crippen molar-refractivity contribution in [3.63, 3.8) is 0 Å². The van der Waals surface area contributed by atoms with Crippen LogP contribution in [0.3, 0.4) is 0 Å². The quantitative estimate of drug-likeness (QED) is 0.777. The van der Waals surface area contributed by atoms with Crippen molar-refractivity contribution >= 4 is 0 Å². The Morgan fingerprint density at radius 2 is 2.00 bits per heavy atom. The maximum Gasteiger partial charge on any atom is 0.0331 e. The van der Waals surface area contributed by atoms with E-state index in [-0.39, 0.29) is 0 Å². The second-order valence-corrected chi connectivity index (χ2v) is 6.62. The van der Waals surface area contributed by atoms with Gasteiger partial charge in [-0.3, -0.25) is 0 Å². The molecule has 1 aliphatic rings. The number of fused-ring (bicyclic) bond motifs is 1. The zero-order chi connectivity index (χ0) is 13.9. The van der Waals surface area contributed by atoms with Crippen molar-refractivity contribution < 1.29 is 0 Å². The van der Waals surface area contributed by atoms with Gasteiger partial charge in [0.1, 0.15) is 0 Å². The molecule has 0 saturated carbocycles. The van der Waals surface area contributed by atoms with Crippen molar-refractivity contribution in [3.8, 4) is 0 Å². The normalized spacial score (nSPS) is 20.5. The molecule has 0 heterocycles. The van der Waals surface area contributed by atoms with Gasteiger partial charge in [0.2, 0.25) is 0 Å². The van der Waals surface area contributed by atoms with Crippen LogP contribution in [0.2, 0.25) is 0 Å². The Morgan fingerprint density at radius 1 is 1.21 bits per heavy atom. The number of aryl methyl sites for hydroxylation is 1. The first-order valence-corrected chi connectivity index (χ1v) is 7.95. The van der Waals surface area contributed by atoms with Gasteiger partial charge in [-0.05, 0) is 54.3 Å². The highest BCUT2D eigenvalue weighted by Crippen LogP contribution is 2.44. The monoisotopic (exact) mass is 259 g/mol. The number of unbranched alkanes of at least 4 members (excludes halogenated alkanes) is 1. The van der Waals surface area contributed by atoms with Gasteiger partial charge in [-0.25, -0.2) is 0 Å². The van der Waals surface area contributed by atoms with Crippen molar-refractivity contribution in [1.82, 2.24) is 5.32 Å². The predicted octanol–water partition coefficient (Wildman–Crippen LogP) is 4.75. The molecule has 0 radical (unpaired) electrons. The van der Waals surface area contributed by atoms with Crippen molar-refractivity contribution in [2.24, 2.45) is 0 Å². The molecule has 0 amide bonds. The van der Waals surface area contributed by atoms with Crippen LogP contribution in [-0.4, -0.2) is 6.54 Å². The lowest BCUT2D eigenvalue weighted by Gasteiger charge is -2.19. The van der Waals surface area contributed by atoms with Gasteiger partial charge in [-0.1, -0.05) is 52.3 Å². The molecule has 1 aromatic carbocycles. The van der Waals surface area contributed by atoms with Gasteiger partial charge in [-0.15, -0.1) is 0 Å². The standard InChI is InChI=1S/C18H29N/c1-5-7-8-14-9-10-16-15(12-14)17(19-11-6-2)13-18(16,3)4/h9-10,12,17,19H,5-8,11,13H2,1-4H3. The van der Waals surface area contributed by atoms with Crippen LogP contribution < -0.4 is 5.32 Å². The maximum absolute atomic E-state index is 3.73. The van der Waals surface area contributed by atoms with E-state index in [0.29, 0.717) is 11.5 Å². The largest absolute Gasteiger partial charge is 0.310 e.